The average molecular weight is 440 g/mol. The van der Waals surface area contributed by atoms with Crippen molar-refractivity contribution in [3.05, 3.63) is 107 Å². The first-order valence-corrected chi connectivity index (χ1v) is 10.1. The SMILES string of the molecule is Cc1onc(-c2cccc(F)c2)c1C(=O)c1cc2ccc(C(=O)O)cc2n1-c1ccccc1. The Hall–Kier alpha value is -4.52. The van der Waals surface area contributed by atoms with Crippen molar-refractivity contribution in [1.82, 2.24) is 9.72 Å². The zero-order valence-corrected chi connectivity index (χ0v) is 17.4. The number of aromatic carboxylic acids is 1. The van der Waals surface area contributed by atoms with Crippen LogP contribution in [-0.4, -0.2) is 26.6 Å². The molecule has 0 atom stereocenters. The molecule has 0 radical (unpaired) electrons. The molecule has 0 bridgehead atoms. The number of carbonyl (C=O) groups excluding carboxylic acids is 1. The average Bonchev–Trinajstić information content (AvgIpc) is 3.39. The molecule has 0 fully saturated rings. The van der Waals surface area contributed by atoms with Crippen LogP contribution >= 0.6 is 0 Å². The number of hydrogen-bond acceptors (Lipinski definition) is 4. The van der Waals surface area contributed by atoms with Gasteiger partial charge in [-0.2, -0.15) is 0 Å². The van der Waals surface area contributed by atoms with Gasteiger partial charge in [0.05, 0.1) is 22.3 Å². The second-order valence-electron chi connectivity index (χ2n) is 7.58. The van der Waals surface area contributed by atoms with E-state index in [1.807, 2.05) is 30.3 Å². The zero-order chi connectivity index (χ0) is 23.1. The quantitative estimate of drug-likeness (QED) is 0.356. The van der Waals surface area contributed by atoms with Gasteiger partial charge in [-0.3, -0.25) is 4.79 Å². The lowest BCUT2D eigenvalue weighted by Crippen LogP contribution is -2.10. The lowest BCUT2D eigenvalue weighted by atomic mass is 10.0. The van der Waals surface area contributed by atoms with E-state index in [4.69, 9.17) is 4.52 Å². The highest BCUT2D eigenvalue weighted by Gasteiger charge is 2.27. The van der Waals surface area contributed by atoms with Crippen LogP contribution in [0.2, 0.25) is 0 Å². The summed E-state index contributed by atoms with van der Waals surface area (Å²) in [7, 11) is 0. The Balaban J connectivity index is 1.76. The number of hydrogen-bond donors (Lipinski definition) is 1. The van der Waals surface area contributed by atoms with Crippen molar-refractivity contribution in [1.29, 1.82) is 0 Å². The van der Waals surface area contributed by atoms with Gasteiger partial charge in [0.1, 0.15) is 17.3 Å². The minimum Gasteiger partial charge on any atom is -0.478 e. The summed E-state index contributed by atoms with van der Waals surface area (Å²) >= 11 is 0. The number of aromatic nitrogens is 2. The van der Waals surface area contributed by atoms with Gasteiger partial charge in [-0.25, -0.2) is 9.18 Å². The molecule has 2 aromatic heterocycles. The van der Waals surface area contributed by atoms with Crippen molar-refractivity contribution in [2.24, 2.45) is 0 Å². The van der Waals surface area contributed by atoms with E-state index in [2.05, 4.69) is 5.16 Å². The van der Waals surface area contributed by atoms with Gasteiger partial charge in [0.2, 0.25) is 5.78 Å². The number of para-hydroxylation sites is 1. The van der Waals surface area contributed by atoms with Crippen LogP contribution in [0.4, 0.5) is 4.39 Å². The van der Waals surface area contributed by atoms with E-state index in [-0.39, 0.29) is 22.6 Å². The number of aryl methyl sites for hydroxylation is 1. The molecular formula is C26H17FN2O4. The Morgan fingerprint density at radius 2 is 1.76 bits per heavy atom. The van der Waals surface area contributed by atoms with Crippen molar-refractivity contribution in [3.8, 4) is 16.9 Å². The summed E-state index contributed by atoms with van der Waals surface area (Å²) in [5.41, 5.74) is 2.57. The second kappa shape index (κ2) is 7.87. The Bertz CT molecular complexity index is 1530. The maximum absolute atomic E-state index is 13.9. The molecule has 162 valence electrons. The van der Waals surface area contributed by atoms with Crippen LogP contribution < -0.4 is 0 Å². The molecule has 0 amide bonds. The first kappa shape index (κ1) is 20.4. The Kier molecular flexibility index (Phi) is 4.86. The lowest BCUT2D eigenvalue weighted by Gasteiger charge is -2.11. The highest BCUT2D eigenvalue weighted by molar-refractivity contribution is 6.14. The summed E-state index contributed by atoms with van der Waals surface area (Å²) in [4.78, 5) is 25.4. The van der Waals surface area contributed by atoms with Gasteiger partial charge >= 0.3 is 5.97 Å². The zero-order valence-electron chi connectivity index (χ0n) is 17.4. The summed E-state index contributed by atoms with van der Waals surface area (Å²) in [5.74, 6) is -1.58. The van der Waals surface area contributed by atoms with E-state index in [9.17, 15) is 19.1 Å². The van der Waals surface area contributed by atoms with E-state index in [0.29, 0.717) is 33.6 Å². The minimum atomic E-state index is -1.06. The topological polar surface area (TPSA) is 85.3 Å². The summed E-state index contributed by atoms with van der Waals surface area (Å²) in [5, 5.41) is 14.2. The Morgan fingerprint density at radius 3 is 2.48 bits per heavy atom. The van der Waals surface area contributed by atoms with Gasteiger partial charge in [0.25, 0.3) is 0 Å². The van der Waals surface area contributed by atoms with Crippen LogP contribution in [-0.2, 0) is 0 Å². The maximum Gasteiger partial charge on any atom is 0.335 e. The van der Waals surface area contributed by atoms with Crippen molar-refractivity contribution in [3.63, 3.8) is 0 Å². The maximum atomic E-state index is 13.9. The molecule has 5 aromatic rings. The third kappa shape index (κ3) is 3.49. The number of carboxylic acid groups (broad SMARTS) is 1. The van der Waals surface area contributed by atoms with E-state index in [1.165, 1.54) is 30.3 Å². The Labute approximate surface area is 187 Å². The molecule has 3 aromatic carbocycles. The van der Waals surface area contributed by atoms with Crippen molar-refractivity contribution in [2.45, 2.75) is 6.92 Å². The molecule has 6 nitrogen and oxygen atoms in total. The van der Waals surface area contributed by atoms with Crippen LogP contribution in [0.15, 0.2) is 83.4 Å². The van der Waals surface area contributed by atoms with Gasteiger partial charge in [-0.15, -0.1) is 0 Å². The highest BCUT2D eigenvalue weighted by atomic mass is 19.1. The molecule has 0 spiro atoms. The van der Waals surface area contributed by atoms with Gasteiger partial charge in [-0.05, 0) is 49.4 Å². The minimum absolute atomic E-state index is 0.110. The van der Waals surface area contributed by atoms with E-state index >= 15 is 0 Å². The number of benzene rings is 3. The van der Waals surface area contributed by atoms with Crippen molar-refractivity contribution in [2.75, 3.05) is 0 Å². The fourth-order valence-corrected chi connectivity index (χ4v) is 3.96. The van der Waals surface area contributed by atoms with Crippen LogP contribution in [0, 0.1) is 12.7 Å². The smallest absolute Gasteiger partial charge is 0.335 e. The van der Waals surface area contributed by atoms with E-state index in [0.717, 1.165) is 0 Å². The lowest BCUT2D eigenvalue weighted by molar-refractivity contribution is 0.0697. The number of halogens is 1. The van der Waals surface area contributed by atoms with E-state index < -0.39 is 11.8 Å². The van der Waals surface area contributed by atoms with Crippen LogP contribution in [0.5, 0.6) is 0 Å². The molecule has 0 saturated heterocycles. The fraction of sp³-hybridized carbons (Fsp3) is 0.0385. The monoisotopic (exact) mass is 440 g/mol. The molecule has 0 aliphatic heterocycles. The first-order chi connectivity index (χ1) is 15.9. The summed E-state index contributed by atoms with van der Waals surface area (Å²) in [6, 6.07) is 21.4. The molecule has 7 heteroatoms. The Morgan fingerprint density at radius 1 is 0.970 bits per heavy atom. The molecule has 33 heavy (non-hydrogen) atoms. The first-order valence-electron chi connectivity index (χ1n) is 10.1. The predicted octanol–water partition coefficient (Wildman–Crippen LogP) is 5.66. The number of carboxylic acids is 1. The summed E-state index contributed by atoms with van der Waals surface area (Å²) < 4.78 is 20.9. The van der Waals surface area contributed by atoms with Crippen LogP contribution in [0.3, 0.4) is 0 Å². The second-order valence-corrected chi connectivity index (χ2v) is 7.58. The normalized spacial score (nSPS) is 11.1. The number of fused-ring (bicyclic) bond motifs is 1. The standard InChI is InChI=1S/C26H17FN2O4/c1-15-23(24(28-33-15)17-6-5-7-19(27)12-17)25(30)22-13-16-10-11-18(26(31)32)14-21(16)29(22)20-8-3-2-4-9-20/h2-14H,1H3,(H,31,32). The molecule has 0 saturated carbocycles. The predicted molar refractivity (Wildman–Crippen MR) is 120 cm³/mol. The van der Waals surface area contributed by atoms with Gasteiger partial charge in [0, 0.05) is 16.6 Å². The molecular weight excluding hydrogens is 423 g/mol. The van der Waals surface area contributed by atoms with Crippen LogP contribution in [0.25, 0.3) is 27.8 Å². The molecule has 1 N–H and O–H groups in total. The number of nitrogens with zero attached hydrogens (tertiary/aromatic N) is 2. The fourth-order valence-electron chi connectivity index (χ4n) is 3.96. The van der Waals surface area contributed by atoms with Crippen LogP contribution in [0.1, 0.15) is 32.2 Å². The molecule has 5 rings (SSSR count). The van der Waals surface area contributed by atoms with Gasteiger partial charge in [0.15, 0.2) is 0 Å². The van der Waals surface area contributed by atoms with Crippen molar-refractivity contribution >= 4 is 22.7 Å². The molecule has 2 heterocycles. The molecule has 0 aliphatic carbocycles. The highest BCUT2D eigenvalue weighted by Crippen LogP contribution is 2.32. The van der Waals surface area contributed by atoms with Gasteiger partial charge < -0.3 is 14.2 Å². The van der Waals surface area contributed by atoms with Crippen molar-refractivity contribution < 1.29 is 23.6 Å². The summed E-state index contributed by atoms with van der Waals surface area (Å²) in [6.07, 6.45) is 0. The molecule has 0 unspecified atom stereocenters. The molecule has 0 aliphatic rings. The van der Waals surface area contributed by atoms with Gasteiger partial charge in [-0.1, -0.05) is 41.6 Å². The largest absolute Gasteiger partial charge is 0.478 e. The number of ketones is 1. The summed E-state index contributed by atoms with van der Waals surface area (Å²) in [6.45, 7) is 1.63. The third-order valence-electron chi connectivity index (χ3n) is 5.49. The number of rotatable bonds is 5. The van der Waals surface area contributed by atoms with E-state index in [1.54, 1.807) is 29.7 Å². The number of carbonyl (C=O) groups is 2. The third-order valence-corrected chi connectivity index (χ3v) is 5.49.